The molecule has 228 valence electrons. The third-order valence-electron chi connectivity index (χ3n) is 8.39. The zero-order chi connectivity index (χ0) is 29.5. The van der Waals surface area contributed by atoms with Gasteiger partial charge in [0.15, 0.2) is 0 Å². The molecule has 0 bridgehead atoms. The fourth-order valence-corrected chi connectivity index (χ4v) is 5.73. The summed E-state index contributed by atoms with van der Waals surface area (Å²) in [5.41, 5.74) is 0. The number of rotatable bonds is 28. The summed E-state index contributed by atoms with van der Waals surface area (Å²) in [5, 5.41) is 29.4. The number of carbonyl (C=O) groups is 3. The molecule has 0 fully saturated rings. The lowest BCUT2D eigenvalue weighted by molar-refractivity contribution is -0.935. The summed E-state index contributed by atoms with van der Waals surface area (Å²) in [7, 11) is 0. The zero-order valence-corrected chi connectivity index (χ0v) is 25.4. The SMILES string of the molecule is C=CCCCCCCCCCCCCCCC[N+](CC(CC)C(=O)O)(CC(CC)C(=O)O)CC(CC)C(=O)O. The van der Waals surface area contributed by atoms with Crippen molar-refractivity contribution in [3.05, 3.63) is 12.7 Å². The van der Waals surface area contributed by atoms with Gasteiger partial charge < -0.3 is 19.8 Å². The highest BCUT2D eigenvalue weighted by atomic mass is 16.4. The molecule has 39 heavy (non-hydrogen) atoms. The van der Waals surface area contributed by atoms with E-state index in [0.29, 0.717) is 25.8 Å². The molecule has 3 unspecified atom stereocenters. The maximum atomic E-state index is 12.0. The molecule has 0 aliphatic carbocycles. The van der Waals surface area contributed by atoms with Gasteiger partial charge in [0.05, 0.1) is 26.2 Å². The average molecular weight is 555 g/mol. The lowest BCUT2D eigenvalue weighted by Gasteiger charge is -2.43. The van der Waals surface area contributed by atoms with Crippen LogP contribution in [0.2, 0.25) is 0 Å². The summed E-state index contributed by atoms with van der Waals surface area (Å²) in [5.74, 6) is -4.52. The first kappa shape index (κ1) is 37.1. The Morgan fingerprint density at radius 1 is 0.564 bits per heavy atom. The zero-order valence-electron chi connectivity index (χ0n) is 25.4. The van der Waals surface area contributed by atoms with E-state index in [1.165, 1.54) is 64.2 Å². The van der Waals surface area contributed by atoms with Crippen molar-refractivity contribution in [2.75, 3.05) is 26.2 Å². The molecule has 0 amide bonds. The molecule has 0 aromatic carbocycles. The molecule has 0 aliphatic heterocycles. The second-order valence-electron chi connectivity index (χ2n) is 11.6. The van der Waals surface area contributed by atoms with Crippen molar-refractivity contribution in [1.29, 1.82) is 0 Å². The highest BCUT2D eigenvalue weighted by Crippen LogP contribution is 2.25. The molecular weight excluding hydrogens is 494 g/mol. The average Bonchev–Trinajstić information content (AvgIpc) is 2.90. The third kappa shape index (κ3) is 17.4. The number of carboxylic acid groups (broad SMARTS) is 3. The Balaban J connectivity index is 4.90. The molecule has 0 spiro atoms. The molecule has 0 saturated carbocycles. The van der Waals surface area contributed by atoms with Gasteiger partial charge in [-0.05, 0) is 44.9 Å². The number of quaternary nitrogens is 1. The quantitative estimate of drug-likeness (QED) is 0.0517. The molecule has 0 aliphatic rings. The number of unbranched alkanes of at least 4 members (excludes halogenated alkanes) is 13. The molecule has 0 aromatic heterocycles. The Morgan fingerprint density at radius 2 is 0.846 bits per heavy atom. The standard InChI is InChI=1S/C32H59NO6/c1-5-9-10-11-12-13-14-15-16-17-18-19-20-21-22-23-33(24-27(6-2)30(34)35,25-28(7-3)31(36)37)26-29(8-4)32(38)39/h5,27-29H,1,6-26H2,2-4H3,(H2-,34,35,36,37,38,39)/p+1. The van der Waals surface area contributed by atoms with E-state index in [1.807, 2.05) is 26.8 Å². The van der Waals surface area contributed by atoms with Crippen molar-refractivity contribution in [2.24, 2.45) is 17.8 Å². The second kappa shape index (κ2) is 22.9. The fraction of sp³-hybridized carbons (Fsp3) is 0.844. The van der Waals surface area contributed by atoms with Gasteiger partial charge in [0, 0.05) is 0 Å². The molecule has 0 rings (SSSR count). The van der Waals surface area contributed by atoms with E-state index in [0.717, 1.165) is 25.7 Å². The molecule has 7 nitrogen and oxygen atoms in total. The molecule has 3 atom stereocenters. The second-order valence-corrected chi connectivity index (χ2v) is 11.6. The van der Waals surface area contributed by atoms with Crippen LogP contribution in [0, 0.1) is 17.8 Å². The first-order chi connectivity index (χ1) is 18.7. The molecule has 0 aromatic rings. The third-order valence-corrected chi connectivity index (χ3v) is 8.39. The minimum Gasteiger partial charge on any atom is -0.481 e. The van der Waals surface area contributed by atoms with Crippen LogP contribution in [0.1, 0.15) is 130 Å². The van der Waals surface area contributed by atoms with E-state index >= 15 is 0 Å². The van der Waals surface area contributed by atoms with Gasteiger partial charge in [-0.25, -0.2) is 0 Å². The summed E-state index contributed by atoms with van der Waals surface area (Å²) in [6.07, 6.45) is 20.3. The number of aliphatic carboxylic acids is 3. The Morgan fingerprint density at radius 3 is 1.10 bits per heavy atom. The number of allylic oxidation sites excluding steroid dienone is 1. The molecule has 0 saturated heterocycles. The van der Waals surface area contributed by atoms with Gasteiger partial charge in [0.25, 0.3) is 0 Å². The highest BCUT2D eigenvalue weighted by molar-refractivity contribution is 5.71. The van der Waals surface area contributed by atoms with Crippen LogP contribution in [0.25, 0.3) is 0 Å². The van der Waals surface area contributed by atoms with Crippen LogP contribution < -0.4 is 0 Å². The van der Waals surface area contributed by atoms with Crippen LogP contribution in [0.15, 0.2) is 12.7 Å². The number of carboxylic acids is 3. The molecule has 7 heteroatoms. The first-order valence-electron chi connectivity index (χ1n) is 15.8. The predicted octanol–water partition coefficient (Wildman–Crippen LogP) is 7.78. The first-order valence-corrected chi connectivity index (χ1v) is 15.8. The molecule has 3 N–H and O–H groups in total. The maximum Gasteiger partial charge on any atom is 0.312 e. The summed E-state index contributed by atoms with van der Waals surface area (Å²) < 4.78 is 0.258. The van der Waals surface area contributed by atoms with Crippen molar-refractivity contribution < 1.29 is 34.2 Å². The summed E-state index contributed by atoms with van der Waals surface area (Å²) in [4.78, 5) is 35.9. The lowest BCUT2D eigenvalue weighted by Crippen LogP contribution is -2.58. The van der Waals surface area contributed by atoms with Gasteiger partial charge in [-0.1, -0.05) is 91.1 Å². The van der Waals surface area contributed by atoms with E-state index in [4.69, 9.17) is 0 Å². The highest BCUT2D eigenvalue weighted by Gasteiger charge is 2.40. The monoisotopic (exact) mass is 554 g/mol. The summed E-state index contributed by atoms with van der Waals surface area (Å²) in [6.45, 7) is 10.8. The number of hydrogen-bond acceptors (Lipinski definition) is 3. The summed E-state index contributed by atoms with van der Waals surface area (Å²) in [6, 6.07) is 0. The number of hydrogen-bond donors (Lipinski definition) is 3. The van der Waals surface area contributed by atoms with Gasteiger partial charge in [-0.3, -0.25) is 14.4 Å². The maximum absolute atomic E-state index is 12.0. The normalized spacial score (nSPS) is 15.3. The van der Waals surface area contributed by atoms with E-state index in [-0.39, 0.29) is 24.1 Å². The molecule has 0 radical (unpaired) electrons. The van der Waals surface area contributed by atoms with Crippen molar-refractivity contribution in [3.8, 4) is 0 Å². The van der Waals surface area contributed by atoms with Crippen molar-refractivity contribution in [3.63, 3.8) is 0 Å². The lowest BCUT2D eigenvalue weighted by atomic mass is 9.95. The summed E-state index contributed by atoms with van der Waals surface area (Å²) >= 11 is 0. The molecule has 0 heterocycles. The van der Waals surface area contributed by atoms with Gasteiger partial charge in [0.1, 0.15) is 17.8 Å². The van der Waals surface area contributed by atoms with Crippen LogP contribution in [0.5, 0.6) is 0 Å². The Kier molecular flexibility index (Phi) is 21.8. The smallest absolute Gasteiger partial charge is 0.312 e. The fourth-order valence-electron chi connectivity index (χ4n) is 5.73. The minimum atomic E-state index is -0.889. The van der Waals surface area contributed by atoms with Gasteiger partial charge in [-0.2, -0.15) is 0 Å². The van der Waals surface area contributed by atoms with Crippen LogP contribution in [0.4, 0.5) is 0 Å². The Bertz CT molecular complexity index is 620. The van der Waals surface area contributed by atoms with E-state index in [1.54, 1.807) is 0 Å². The van der Waals surface area contributed by atoms with E-state index < -0.39 is 35.7 Å². The number of nitrogens with zero attached hydrogens (tertiary/aromatic N) is 1. The van der Waals surface area contributed by atoms with Crippen LogP contribution in [0.3, 0.4) is 0 Å². The Hall–Kier alpha value is -1.89. The molecular formula is C32H60NO6+. The van der Waals surface area contributed by atoms with Gasteiger partial charge in [0.2, 0.25) is 0 Å². The topological polar surface area (TPSA) is 112 Å². The Labute approximate surface area is 238 Å². The van der Waals surface area contributed by atoms with Crippen LogP contribution in [-0.2, 0) is 14.4 Å². The van der Waals surface area contributed by atoms with E-state index in [9.17, 15) is 29.7 Å². The van der Waals surface area contributed by atoms with Gasteiger partial charge >= 0.3 is 17.9 Å². The predicted molar refractivity (Wildman–Crippen MR) is 159 cm³/mol. The van der Waals surface area contributed by atoms with Gasteiger partial charge in [-0.15, -0.1) is 6.58 Å². The van der Waals surface area contributed by atoms with E-state index in [2.05, 4.69) is 6.58 Å². The largest absolute Gasteiger partial charge is 0.481 e. The van der Waals surface area contributed by atoms with Crippen molar-refractivity contribution >= 4 is 17.9 Å². The van der Waals surface area contributed by atoms with Crippen LogP contribution >= 0.6 is 0 Å². The minimum absolute atomic E-state index is 0.258. The van der Waals surface area contributed by atoms with Crippen molar-refractivity contribution in [1.82, 2.24) is 0 Å². The van der Waals surface area contributed by atoms with Crippen molar-refractivity contribution in [2.45, 2.75) is 130 Å². The van der Waals surface area contributed by atoms with Crippen LogP contribution in [-0.4, -0.2) is 63.9 Å².